The highest BCUT2D eigenvalue weighted by atomic mass is 16.5. The van der Waals surface area contributed by atoms with Crippen LogP contribution in [0.3, 0.4) is 0 Å². The Labute approximate surface area is 95.0 Å². The van der Waals surface area contributed by atoms with E-state index in [0.717, 1.165) is 12.5 Å². The predicted molar refractivity (Wildman–Crippen MR) is 65.2 cm³/mol. The molecule has 1 rings (SSSR count). The maximum absolute atomic E-state index is 5.55. The van der Waals surface area contributed by atoms with Crippen LogP contribution in [0.4, 0.5) is 0 Å². The molecule has 0 spiro atoms. The van der Waals surface area contributed by atoms with Crippen LogP contribution >= 0.6 is 0 Å². The summed E-state index contributed by atoms with van der Waals surface area (Å²) < 4.78 is 5.55. The van der Waals surface area contributed by atoms with Crippen LogP contribution in [0, 0.1) is 5.92 Å². The van der Waals surface area contributed by atoms with Crippen LogP contribution in [-0.2, 0) is 4.74 Å². The van der Waals surface area contributed by atoms with E-state index in [4.69, 9.17) is 4.74 Å². The first-order chi connectivity index (χ1) is 7.22. The average molecular weight is 213 g/mol. The van der Waals surface area contributed by atoms with E-state index < -0.39 is 0 Å². The highest BCUT2D eigenvalue weighted by Crippen LogP contribution is 2.19. The second-order valence-corrected chi connectivity index (χ2v) is 4.97. The number of ether oxygens (including phenoxy) is 1. The Morgan fingerprint density at radius 1 is 1.27 bits per heavy atom. The van der Waals surface area contributed by atoms with E-state index in [-0.39, 0.29) is 0 Å². The van der Waals surface area contributed by atoms with E-state index in [2.05, 4.69) is 25.7 Å². The van der Waals surface area contributed by atoms with Crippen LogP contribution in [0.5, 0.6) is 0 Å². The molecule has 1 aliphatic rings. The van der Waals surface area contributed by atoms with Gasteiger partial charge in [0.1, 0.15) is 0 Å². The molecule has 2 nitrogen and oxygen atoms in total. The van der Waals surface area contributed by atoms with Gasteiger partial charge >= 0.3 is 0 Å². The molecule has 1 fully saturated rings. The smallest absolute Gasteiger partial charge is 0.0518 e. The van der Waals surface area contributed by atoms with Gasteiger partial charge in [-0.1, -0.05) is 13.3 Å². The van der Waals surface area contributed by atoms with Crippen molar-refractivity contribution < 1.29 is 4.74 Å². The molecule has 0 amide bonds. The second-order valence-electron chi connectivity index (χ2n) is 4.97. The summed E-state index contributed by atoms with van der Waals surface area (Å²) in [6.45, 7) is 11.3. The first-order valence-electron chi connectivity index (χ1n) is 6.56. The Balaban J connectivity index is 1.99. The predicted octanol–water partition coefficient (Wildman–Crippen LogP) is 2.92. The minimum Gasteiger partial charge on any atom is -0.379 e. The molecule has 1 aliphatic heterocycles. The van der Waals surface area contributed by atoms with Gasteiger partial charge in [0, 0.05) is 13.2 Å². The summed E-state index contributed by atoms with van der Waals surface area (Å²) in [4.78, 5) is 2.59. The Morgan fingerprint density at radius 2 is 1.93 bits per heavy atom. The SMILES string of the molecule is CCC1CCN(CCCOC(C)C)CC1. The number of rotatable bonds is 6. The molecular weight excluding hydrogens is 186 g/mol. The largest absolute Gasteiger partial charge is 0.379 e. The first-order valence-corrected chi connectivity index (χ1v) is 6.56. The molecular formula is C13H27NO. The number of hydrogen-bond donors (Lipinski definition) is 0. The van der Waals surface area contributed by atoms with Crippen molar-refractivity contribution in [1.29, 1.82) is 0 Å². The van der Waals surface area contributed by atoms with Crippen LogP contribution in [0.1, 0.15) is 46.5 Å². The van der Waals surface area contributed by atoms with Gasteiger partial charge in [0.25, 0.3) is 0 Å². The molecule has 0 atom stereocenters. The van der Waals surface area contributed by atoms with Crippen LogP contribution in [0.15, 0.2) is 0 Å². The zero-order chi connectivity index (χ0) is 11.1. The van der Waals surface area contributed by atoms with E-state index in [1.807, 2.05) is 0 Å². The summed E-state index contributed by atoms with van der Waals surface area (Å²) >= 11 is 0. The summed E-state index contributed by atoms with van der Waals surface area (Å²) in [7, 11) is 0. The van der Waals surface area contributed by atoms with Gasteiger partial charge in [0.2, 0.25) is 0 Å². The summed E-state index contributed by atoms with van der Waals surface area (Å²) in [5, 5.41) is 0. The minimum atomic E-state index is 0.385. The monoisotopic (exact) mass is 213 g/mol. The fourth-order valence-electron chi connectivity index (χ4n) is 2.23. The van der Waals surface area contributed by atoms with Gasteiger partial charge in [-0.25, -0.2) is 0 Å². The number of hydrogen-bond acceptors (Lipinski definition) is 2. The van der Waals surface area contributed by atoms with E-state index in [1.54, 1.807) is 0 Å². The molecule has 2 heteroatoms. The van der Waals surface area contributed by atoms with Crippen molar-refractivity contribution in [1.82, 2.24) is 4.90 Å². The summed E-state index contributed by atoms with van der Waals surface area (Å²) in [6.07, 6.45) is 5.75. The topological polar surface area (TPSA) is 12.5 Å². The quantitative estimate of drug-likeness (QED) is 0.629. The van der Waals surface area contributed by atoms with E-state index in [9.17, 15) is 0 Å². The number of piperidine rings is 1. The van der Waals surface area contributed by atoms with Crippen LogP contribution in [-0.4, -0.2) is 37.2 Å². The molecule has 0 aliphatic carbocycles. The van der Waals surface area contributed by atoms with Crippen LogP contribution < -0.4 is 0 Å². The Hall–Kier alpha value is -0.0800. The lowest BCUT2D eigenvalue weighted by Gasteiger charge is -2.31. The maximum Gasteiger partial charge on any atom is 0.0518 e. The van der Waals surface area contributed by atoms with E-state index >= 15 is 0 Å². The number of likely N-dealkylation sites (tertiary alicyclic amines) is 1. The summed E-state index contributed by atoms with van der Waals surface area (Å²) in [5.41, 5.74) is 0. The van der Waals surface area contributed by atoms with E-state index in [0.29, 0.717) is 6.10 Å². The highest BCUT2D eigenvalue weighted by molar-refractivity contribution is 4.71. The Bertz CT molecular complexity index is 151. The van der Waals surface area contributed by atoms with Crippen molar-refractivity contribution >= 4 is 0 Å². The van der Waals surface area contributed by atoms with Gasteiger partial charge in [-0.15, -0.1) is 0 Å². The van der Waals surface area contributed by atoms with Crippen molar-refractivity contribution in [2.75, 3.05) is 26.2 Å². The molecule has 0 unspecified atom stereocenters. The third-order valence-corrected chi connectivity index (χ3v) is 3.35. The van der Waals surface area contributed by atoms with Gasteiger partial charge < -0.3 is 9.64 Å². The molecule has 0 aromatic rings. The van der Waals surface area contributed by atoms with Gasteiger partial charge in [-0.3, -0.25) is 0 Å². The summed E-state index contributed by atoms with van der Waals surface area (Å²) in [6, 6.07) is 0. The minimum absolute atomic E-state index is 0.385. The fourth-order valence-corrected chi connectivity index (χ4v) is 2.23. The molecule has 0 aromatic carbocycles. The lowest BCUT2D eigenvalue weighted by Crippen LogP contribution is -2.34. The van der Waals surface area contributed by atoms with Gasteiger partial charge in [-0.2, -0.15) is 0 Å². The standard InChI is InChI=1S/C13H27NO/c1-4-13-6-9-14(10-7-13)8-5-11-15-12(2)3/h12-13H,4-11H2,1-3H3. The molecule has 1 saturated heterocycles. The molecule has 0 bridgehead atoms. The Morgan fingerprint density at radius 3 is 2.47 bits per heavy atom. The van der Waals surface area contributed by atoms with Gasteiger partial charge in [0.05, 0.1) is 6.10 Å². The molecule has 1 heterocycles. The van der Waals surface area contributed by atoms with Crippen molar-refractivity contribution in [2.45, 2.75) is 52.6 Å². The first kappa shape index (κ1) is 13.0. The zero-order valence-corrected chi connectivity index (χ0v) is 10.7. The molecule has 0 radical (unpaired) electrons. The maximum atomic E-state index is 5.55. The Kier molecular flexibility index (Phi) is 6.26. The third-order valence-electron chi connectivity index (χ3n) is 3.35. The normalized spacial score (nSPS) is 20.0. The lowest BCUT2D eigenvalue weighted by atomic mass is 9.94. The average Bonchev–Trinajstić information content (AvgIpc) is 2.25. The zero-order valence-electron chi connectivity index (χ0n) is 10.7. The highest BCUT2D eigenvalue weighted by Gasteiger charge is 2.16. The van der Waals surface area contributed by atoms with Gasteiger partial charge in [0.15, 0.2) is 0 Å². The fraction of sp³-hybridized carbons (Fsp3) is 1.00. The van der Waals surface area contributed by atoms with Crippen molar-refractivity contribution in [3.05, 3.63) is 0 Å². The molecule has 15 heavy (non-hydrogen) atoms. The molecule has 0 aromatic heterocycles. The molecule has 0 saturated carbocycles. The second kappa shape index (κ2) is 7.24. The van der Waals surface area contributed by atoms with Crippen molar-refractivity contribution in [3.8, 4) is 0 Å². The van der Waals surface area contributed by atoms with Crippen molar-refractivity contribution in [2.24, 2.45) is 5.92 Å². The van der Waals surface area contributed by atoms with Gasteiger partial charge in [-0.05, 0) is 52.1 Å². The molecule has 90 valence electrons. The third kappa shape index (κ3) is 5.53. The summed E-state index contributed by atoms with van der Waals surface area (Å²) in [5.74, 6) is 0.994. The lowest BCUT2D eigenvalue weighted by molar-refractivity contribution is 0.0671. The molecule has 0 N–H and O–H groups in total. The number of nitrogens with zero attached hydrogens (tertiary/aromatic N) is 1. The van der Waals surface area contributed by atoms with E-state index in [1.165, 1.54) is 45.3 Å². The van der Waals surface area contributed by atoms with Crippen LogP contribution in [0.2, 0.25) is 0 Å². The van der Waals surface area contributed by atoms with Crippen LogP contribution in [0.25, 0.3) is 0 Å². The van der Waals surface area contributed by atoms with Crippen molar-refractivity contribution in [3.63, 3.8) is 0 Å².